The topological polar surface area (TPSA) is 3.24 Å². The summed E-state index contributed by atoms with van der Waals surface area (Å²) >= 11 is 1.86. The first kappa shape index (κ1) is 11.9. The second-order valence-electron chi connectivity index (χ2n) is 4.98. The Morgan fingerprint density at radius 1 is 0.944 bits per heavy atom. The monoisotopic (exact) mass is 257 g/mol. The Hall–Kier alpha value is -1.12. The Kier molecular flexibility index (Phi) is 3.77. The lowest BCUT2D eigenvalue weighted by Crippen LogP contribution is -2.29. The average Bonchev–Trinajstić information content (AvgIpc) is 2.89. The number of rotatable bonds is 3. The molecule has 0 atom stereocenters. The van der Waals surface area contributed by atoms with E-state index in [1.807, 2.05) is 11.3 Å². The van der Waals surface area contributed by atoms with E-state index in [4.69, 9.17) is 0 Å². The van der Waals surface area contributed by atoms with Crippen LogP contribution < -0.4 is 0 Å². The van der Waals surface area contributed by atoms with Crippen molar-refractivity contribution in [3.05, 3.63) is 47.3 Å². The molecule has 0 N–H and O–H groups in total. The first-order valence-corrected chi connectivity index (χ1v) is 7.65. The summed E-state index contributed by atoms with van der Waals surface area (Å²) in [5, 5.41) is 2.22. The van der Waals surface area contributed by atoms with Crippen molar-refractivity contribution in [3.63, 3.8) is 0 Å². The molecule has 2 heterocycles. The number of thiophene rings is 1. The molecule has 1 fully saturated rings. The van der Waals surface area contributed by atoms with Crippen molar-refractivity contribution in [1.29, 1.82) is 0 Å². The summed E-state index contributed by atoms with van der Waals surface area (Å²) in [7, 11) is 0. The van der Waals surface area contributed by atoms with Crippen molar-refractivity contribution in [2.75, 3.05) is 13.1 Å². The Balaban J connectivity index is 1.79. The molecular weight excluding hydrogens is 238 g/mol. The lowest BCUT2D eigenvalue weighted by Gasteiger charge is -2.26. The number of nitrogens with zero attached hydrogens (tertiary/aromatic N) is 1. The molecular formula is C16H19NS. The van der Waals surface area contributed by atoms with E-state index >= 15 is 0 Å². The minimum atomic E-state index is 1.12. The van der Waals surface area contributed by atoms with Crippen LogP contribution in [0.2, 0.25) is 0 Å². The molecule has 1 aliphatic heterocycles. The zero-order valence-electron chi connectivity index (χ0n) is 10.6. The summed E-state index contributed by atoms with van der Waals surface area (Å²) in [5.74, 6) is 0. The van der Waals surface area contributed by atoms with Crippen LogP contribution in [-0.4, -0.2) is 18.0 Å². The third kappa shape index (κ3) is 2.65. The van der Waals surface area contributed by atoms with E-state index in [0.29, 0.717) is 0 Å². The summed E-state index contributed by atoms with van der Waals surface area (Å²) in [6, 6.07) is 13.1. The summed E-state index contributed by atoms with van der Waals surface area (Å²) in [5.41, 5.74) is 2.85. The summed E-state index contributed by atoms with van der Waals surface area (Å²) < 4.78 is 0. The van der Waals surface area contributed by atoms with Gasteiger partial charge >= 0.3 is 0 Å². The van der Waals surface area contributed by atoms with Crippen LogP contribution in [0.3, 0.4) is 0 Å². The van der Waals surface area contributed by atoms with E-state index in [2.05, 4.69) is 46.7 Å². The molecule has 0 saturated carbocycles. The maximum absolute atomic E-state index is 2.60. The zero-order valence-corrected chi connectivity index (χ0v) is 11.5. The first-order chi connectivity index (χ1) is 8.93. The molecule has 2 heteroatoms. The fourth-order valence-corrected chi connectivity index (χ4v) is 3.59. The second kappa shape index (κ2) is 5.68. The predicted octanol–water partition coefficient (Wildman–Crippen LogP) is 4.40. The largest absolute Gasteiger partial charge is 0.299 e. The van der Waals surface area contributed by atoms with Crippen molar-refractivity contribution in [1.82, 2.24) is 4.90 Å². The SMILES string of the molecule is c1ccc(-c2sccc2CN2CCCCC2)cc1. The maximum Gasteiger partial charge on any atom is 0.0387 e. The van der Waals surface area contributed by atoms with E-state index in [0.717, 1.165) is 6.54 Å². The number of piperidine rings is 1. The third-order valence-electron chi connectivity index (χ3n) is 3.63. The normalized spacial score (nSPS) is 16.9. The highest BCUT2D eigenvalue weighted by Gasteiger charge is 2.13. The zero-order chi connectivity index (χ0) is 12.2. The molecule has 2 aromatic rings. The summed E-state index contributed by atoms with van der Waals surface area (Å²) in [6.07, 6.45) is 4.14. The van der Waals surface area contributed by atoms with E-state index in [1.165, 1.54) is 48.4 Å². The molecule has 18 heavy (non-hydrogen) atoms. The van der Waals surface area contributed by atoms with Crippen LogP contribution in [0.4, 0.5) is 0 Å². The van der Waals surface area contributed by atoms with Gasteiger partial charge in [0.15, 0.2) is 0 Å². The van der Waals surface area contributed by atoms with Crippen LogP contribution in [0.15, 0.2) is 41.8 Å². The smallest absolute Gasteiger partial charge is 0.0387 e. The molecule has 0 unspecified atom stereocenters. The molecule has 1 aliphatic rings. The van der Waals surface area contributed by atoms with E-state index < -0.39 is 0 Å². The Bertz CT molecular complexity index is 483. The maximum atomic E-state index is 2.60. The van der Waals surface area contributed by atoms with Gasteiger partial charge in [0.25, 0.3) is 0 Å². The van der Waals surface area contributed by atoms with Crippen molar-refractivity contribution < 1.29 is 0 Å². The molecule has 3 rings (SSSR count). The van der Waals surface area contributed by atoms with Crippen LogP contribution in [0.25, 0.3) is 10.4 Å². The van der Waals surface area contributed by atoms with Crippen LogP contribution in [-0.2, 0) is 6.54 Å². The average molecular weight is 257 g/mol. The van der Waals surface area contributed by atoms with Crippen LogP contribution in [0.5, 0.6) is 0 Å². The van der Waals surface area contributed by atoms with Crippen molar-refractivity contribution >= 4 is 11.3 Å². The van der Waals surface area contributed by atoms with Gasteiger partial charge in [0.2, 0.25) is 0 Å². The van der Waals surface area contributed by atoms with Gasteiger partial charge in [-0.1, -0.05) is 36.8 Å². The highest BCUT2D eigenvalue weighted by Crippen LogP contribution is 2.30. The fourth-order valence-electron chi connectivity index (χ4n) is 2.66. The van der Waals surface area contributed by atoms with Gasteiger partial charge in [-0.15, -0.1) is 11.3 Å². The minimum Gasteiger partial charge on any atom is -0.299 e. The number of hydrogen-bond donors (Lipinski definition) is 0. The lowest BCUT2D eigenvalue weighted by atomic mass is 10.1. The molecule has 0 amide bonds. The van der Waals surface area contributed by atoms with Gasteiger partial charge in [-0.2, -0.15) is 0 Å². The van der Waals surface area contributed by atoms with Crippen molar-refractivity contribution in [3.8, 4) is 10.4 Å². The Morgan fingerprint density at radius 3 is 2.50 bits per heavy atom. The van der Waals surface area contributed by atoms with Crippen molar-refractivity contribution in [2.45, 2.75) is 25.8 Å². The molecule has 0 bridgehead atoms. The number of benzene rings is 1. The lowest BCUT2D eigenvalue weighted by molar-refractivity contribution is 0.221. The van der Waals surface area contributed by atoms with Crippen molar-refractivity contribution in [2.24, 2.45) is 0 Å². The molecule has 0 spiro atoms. The van der Waals surface area contributed by atoms with E-state index in [9.17, 15) is 0 Å². The van der Waals surface area contributed by atoms with Gasteiger partial charge in [0, 0.05) is 11.4 Å². The molecule has 1 aromatic heterocycles. The van der Waals surface area contributed by atoms with Crippen LogP contribution in [0, 0.1) is 0 Å². The predicted molar refractivity (Wildman–Crippen MR) is 78.9 cm³/mol. The number of hydrogen-bond acceptors (Lipinski definition) is 2. The minimum absolute atomic E-state index is 1.12. The molecule has 0 aliphatic carbocycles. The molecule has 1 saturated heterocycles. The standard InChI is InChI=1S/C16H19NS/c1-3-7-14(8-4-1)16-15(9-12-18-16)13-17-10-5-2-6-11-17/h1,3-4,7-9,12H,2,5-6,10-11,13H2. The second-order valence-corrected chi connectivity index (χ2v) is 5.89. The Morgan fingerprint density at radius 2 is 1.72 bits per heavy atom. The Labute approximate surface area is 113 Å². The van der Waals surface area contributed by atoms with Gasteiger partial charge in [-0.05, 0) is 48.5 Å². The molecule has 1 aromatic carbocycles. The quantitative estimate of drug-likeness (QED) is 0.787. The molecule has 94 valence electrons. The molecule has 0 radical (unpaired) electrons. The molecule has 1 nitrogen and oxygen atoms in total. The van der Waals surface area contributed by atoms with Gasteiger partial charge in [-0.3, -0.25) is 4.90 Å². The third-order valence-corrected chi connectivity index (χ3v) is 4.63. The fraction of sp³-hybridized carbons (Fsp3) is 0.375. The summed E-state index contributed by atoms with van der Waals surface area (Å²) in [4.78, 5) is 4.04. The van der Waals surface area contributed by atoms with Crippen LogP contribution in [0.1, 0.15) is 24.8 Å². The van der Waals surface area contributed by atoms with E-state index in [-0.39, 0.29) is 0 Å². The highest BCUT2D eigenvalue weighted by molar-refractivity contribution is 7.13. The van der Waals surface area contributed by atoms with E-state index in [1.54, 1.807) is 0 Å². The van der Waals surface area contributed by atoms with Gasteiger partial charge in [-0.25, -0.2) is 0 Å². The van der Waals surface area contributed by atoms with Crippen LogP contribution >= 0.6 is 11.3 Å². The highest BCUT2D eigenvalue weighted by atomic mass is 32.1. The number of likely N-dealkylation sites (tertiary alicyclic amines) is 1. The summed E-state index contributed by atoms with van der Waals surface area (Å²) in [6.45, 7) is 3.65. The first-order valence-electron chi connectivity index (χ1n) is 6.77. The van der Waals surface area contributed by atoms with Gasteiger partial charge in [0.1, 0.15) is 0 Å². The van der Waals surface area contributed by atoms with Gasteiger partial charge in [0.05, 0.1) is 0 Å². The van der Waals surface area contributed by atoms with Gasteiger partial charge < -0.3 is 0 Å².